The van der Waals surface area contributed by atoms with E-state index in [9.17, 15) is 13.2 Å². The first-order valence-electron chi connectivity index (χ1n) is 9.80. The van der Waals surface area contributed by atoms with Crippen LogP contribution in [0.3, 0.4) is 0 Å². The topological polar surface area (TPSA) is 90.3 Å². The summed E-state index contributed by atoms with van der Waals surface area (Å²) in [7, 11) is -1.43. The van der Waals surface area contributed by atoms with Gasteiger partial charge in [0.05, 0.1) is 30.4 Å². The van der Waals surface area contributed by atoms with Gasteiger partial charge >= 0.3 is 0 Å². The number of rotatable bonds is 6. The van der Waals surface area contributed by atoms with Crippen LogP contribution in [0.4, 0.5) is 5.82 Å². The molecule has 7 nitrogen and oxygen atoms in total. The van der Waals surface area contributed by atoms with Crippen LogP contribution >= 0.6 is 0 Å². The minimum atomic E-state index is -3.05. The molecule has 0 aliphatic carbocycles. The molecule has 1 aliphatic heterocycles. The summed E-state index contributed by atoms with van der Waals surface area (Å²) in [6.45, 7) is 6.13. The highest BCUT2D eigenvalue weighted by molar-refractivity contribution is 7.91. The number of methoxy groups -OCH3 is 1. The Morgan fingerprint density at radius 2 is 1.97 bits per heavy atom. The van der Waals surface area contributed by atoms with Gasteiger partial charge < -0.3 is 10.1 Å². The van der Waals surface area contributed by atoms with E-state index in [0.717, 1.165) is 17.0 Å². The molecule has 1 N–H and O–H groups in total. The van der Waals surface area contributed by atoms with Crippen LogP contribution < -0.4 is 10.1 Å². The normalized spacial score (nSPS) is 18.6. The maximum atomic E-state index is 12.6. The molecule has 1 aromatic heterocycles. The molecule has 8 heteroatoms. The summed E-state index contributed by atoms with van der Waals surface area (Å²) in [6.07, 6.45) is 1.45. The number of hydrogen-bond acceptors (Lipinski definition) is 5. The highest BCUT2D eigenvalue weighted by Crippen LogP contribution is 2.31. The molecular formula is C21H29N3O4S. The van der Waals surface area contributed by atoms with Gasteiger partial charge in [-0.3, -0.25) is 4.79 Å². The van der Waals surface area contributed by atoms with E-state index in [-0.39, 0.29) is 28.9 Å². The third-order valence-electron chi connectivity index (χ3n) is 5.13. The highest BCUT2D eigenvalue weighted by Gasteiger charge is 2.32. The van der Waals surface area contributed by atoms with Crippen LogP contribution in [0.1, 0.15) is 50.9 Å². The summed E-state index contributed by atoms with van der Waals surface area (Å²) in [6, 6.07) is 9.25. The monoisotopic (exact) mass is 419 g/mol. The van der Waals surface area contributed by atoms with E-state index in [1.807, 2.05) is 51.1 Å². The van der Waals surface area contributed by atoms with Crippen LogP contribution in [0.25, 0.3) is 0 Å². The predicted molar refractivity (Wildman–Crippen MR) is 113 cm³/mol. The molecule has 1 atom stereocenters. The number of nitrogens with one attached hydrogen (secondary N) is 1. The van der Waals surface area contributed by atoms with Crippen LogP contribution in [-0.4, -0.2) is 42.7 Å². The second kappa shape index (κ2) is 8.18. The van der Waals surface area contributed by atoms with E-state index in [4.69, 9.17) is 4.74 Å². The average molecular weight is 420 g/mol. The fourth-order valence-electron chi connectivity index (χ4n) is 3.36. The zero-order chi connectivity index (χ0) is 21.2. The Morgan fingerprint density at radius 3 is 2.52 bits per heavy atom. The fourth-order valence-corrected chi connectivity index (χ4v) is 5.05. The Hall–Kier alpha value is -2.35. The maximum Gasteiger partial charge on any atom is 0.225 e. The first-order valence-corrected chi connectivity index (χ1v) is 11.6. The molecule has 0 spiro atoms. The van der Waals surface area contributed by atoms with Crippen LogP contribution in [0.5, 0.6) is 5.75 Å². The van der Waals surface area contributed by atoms with Crippen molar-refractivity contribution in [3.05, 3.63) is 41.6 Å². The number of hydrogen-bond donors (Lipinski definition) is 1. The molecule has 1 amide bonds. The standard InChI is InChI=1S/C21H29N3O4S/c1-21(2,3)18-13-19(24(23-18)16-11-12-29(26,27)14-16)22-20(25)10-7-15-5-8-17(28-4)9-6-15/h5-6,8-9,13,16H,7,10-12,14H2,1-4H3,(H,22,25)/t16-/m1/s1. The second-order valence-corrected chi connectivity index (χ2v) is 10.8. The zero-order valence-electron chi connectivity index (χ0n) is 17.4. The van der Waals surface area contributed by atoms with Gasteiger partial charge in [-0.2, -0.15) is 5.10 Å². The summed E-state index contributed by atoms with van der Waals surface area (Å²) in [4.78, 5) is 12.6. The van der Waals surface area contributed by atoms with Gasteiger partial charge in [0.15, 0.2) is 9.84 Å². The van der Waals surface area contributed by atoms with E-state index in [0.29, 0.717) is 25.1 Å². The molecule has 0 unspecified atom stereocenters. The number of anilines is 1. The number of benzene rings is 1. The van der Waals surface area contributed by atoms with Gasteiger partial charge in [-0.15, -0.1) is 0 Å². The van der Waals surface area contributed by atoms with Crippen molar-refractivity contribution in [3.63, 3.8) is 0 Å². The third kappa shape index (κ3) is 5.38. The number of carbonyl (C=O) groups excluding carboxylic acids is 1. The molecule has 0 radical (unpaired) electrons. The lowest BCUT2D eigenvalue weighted by molar-refractivity contribution is -0.116. The van der Waals surface area contributed by atoms with Crippen molar-refractivity contribution in [3.8, 4) is 5.75 Å². The molecule has 0 bridgehead atoms. The molecule has 158 valence electrons. The number of ether oxygens (including phenoxy) is 1. The Bertz CT molecular complexity index is 972. The SMILES string of the molecule is COc1ccc(CCC(=O)Nc2cc(C(C)(C)C)nn2[C@@H]2CCS(=O)(=O)C2)cc1. The summed E-state index contributed by atoms with van der Waals surface area (Å²) in [5, 5.41) is 7.59. The van der Waals surface area contributed by atoms with E-state index in [2.05, 4.69) is 10.4 Å². The summed E-state index contributed by atoms with van der Waals surface area (Å²) in [5.41, 5.74) is 1.67. The van der Waals surface area contributed by atoms with Crippen LogP contribution in [0, 0.1) is 0 Å². The van der Waals surface area contributed by atoms with Crippen molar-refractivity contribution in [2.24, 2.45) is 0 Å². The van der Waals surface area contributed by atoms with Crippen molar-refractivity contribution >= 4 is 21.6 Å². The van der Waals surface area contributed by atoms with Crippen molar-refractivity contribution in [1.29, 1.82) is 0 Å². The third-order valence-corrected chi connectivity index (χ3v) is 6.88. The molecule has 1 aliphatic rings. The lowest BCUT2D eigenvalue weighted by Gasteiger charge is -2.15. The first-order chi connectivity index (χ1) is 13.6. The van der Waals surface area contributed by atoms with E-state index in [1.54, 1.807) is 11.8 Å². The summed E-state index contributed by atoms with van der Waals surface area (Å²) < 4.78 is 30.7. The Morgan fingerprint density at radius 1 is 1.28 bits per heavy atom. The largest absolute Gasteiger partial charge is 0.497 e. The van der Waals surface area contributed by atoms with Gasteiger partial charge in [0.25, 0.3) is 0 Å². The van der Waals surface area contributed by atoms with Crippen molar-refractivity contribution in [2.45, 2.75) is 51.5 Å². The number of sulfone groups is 1. The molecule has 2 aromatic rings. The molecule has 29 heavy (non-hydrogen) atoms. The molecule has 0 saturated carbocycles. The van der Waals surface area contributed by atoms with Crippen molar-refractivity contribution < 1.29 is 17.9 Å². The predicted octanol–water partition coefficient (Wildman–Crippen LogP) is 3.12. The minimum Gasteiger partial charge on any atom is -0.497 e. The highest BCUT2D eigenvalue weighted by atomic mass is 32.2. The number of aromatic nitrogens is 2. The van der Waals surface area contributed by atoms with Gasteiger partial charge in [0, 0.05) is 17.9 Å². The van der Waals surface area contributed by atoms with Crippen LogP contribution in [0.15, 0.2) is 30.3 Å². The summed E-state index contributed by atoms with van der Waals surface area (Å²) in [5.74, 6) is 1.45. The summed E-state index contributed by atoms with van der Waals surface area (Å²) >= 11 is 0. The molecular weight excluding hydrogens is 390 g/mol. The van der Waals surface area contributed by atoms with Crippen molar-refractivity contribution in [1.82, 2.24) is 9.78 Å². The lowest BCUT2D eigenvalue weighted by Crippen LogP contribution is -2.20. The molecule has 3 rings (SSSR count). The quantitative estimate of drug-likeness (QED) is 0.777. The van der Waals surface area contributed by atoms with E-state index in [1.165, 1.54) is 0 Å². The lowest BCUT2D eigenvalue weighted by atomic mass is 9.92. The fraction of sp³-hybridized carbons (Fsp3) is 0.524. The van der Waals surface area contributed by atoms with E-state index < -0.39 is 9.84 Å². The molecule has 2 heterocycles. The minimum absolute atomic E-state index is 0.0625. The van der Waals surface area contributed by atoms with Gasteiger partial charge in [-0.05, 0) is 30.5 Å². The smallest absolute Gasteiger partial charge is 0.225 e. The number of amides is 1. The maximum absolute atomic E-state index is 12.6. The zero-order valence-corrected chi connectivity index (χ0v) is 18.3. The van der Waals surface area contributed by atoms with Gasteiger partial charge in [-0.1, -0.05) is 32.9 Å². The van der Waals surface area contributed by atoms with Crippen molar-refractivity contribution in [2.75, 3.05) is 23.9 Å². The Labute approximate surface area is 172 Å². The van der Waals surface area contributed by atoms with Gasteiger partial charge in [0.2, 0.25) is 5.91 Å². The molecule has 1 aromatic carbocycles. The second-order valence-electron chi connectivity index (χ2n) is 8.56. The Kier molecular flexibility index (Phi) is 6.03. The average Bonchev–Trinajstić information content (AvgIpc) is 3.23. The first kappa shape index (κ1) is 21.4. The molecule has 1 fully saturated rings. The van der Waals surface area contributed by atoms with Crippen LogP contribution in [-0.2, 0) is 26.5 Å². The number of nitrogens with zero attached hydrogens (tertiary/aromatic N) is 2. The molecule has 1 saturated heterocycles. The van der Waals surface area contributed by atoms with Crippen LogP contribution in [0.2, 0.25) is 0 Å². The Balaban J connectivity index is 1.72. The van der Waals surface area contributed by atoms with Gasteiger partial charge in [-0.25, -0.2) is 13.1 Å². The van der Waals surface area contributed by atoms with Gasteiger partial charge in [0.1, 0.15) is 11.6 Å². The van der Waals surface area contributed by atoms with E-state index >= 15 is 0 Å². The number of carbonyl (C=O) groups is 1. The number of aryl methyl sites for hydroxylation is 1.